The molecule has 1 aromatic heterocycles. The second-order valence-corrected chi connectivity index (χ2v) is 7.95. The fourth-order valence-corrected chi connectivity index (χ4v) is 3.93. The number of hydrogen-bond donors (Lipinski definition) is 0. The lowest BCUT2D eigenvalue weighted by molar-refractivity contribution is -0.134. The number of nitrogens with zero attached hydrogens (tertiary/aromatic N) is 4. The number of amides is 1. The van der Waals surface area contributed by atoms with E-state index in [-0.39, 0.29) is 18.6 Å². The van der Waals surface area contributed by atoms with Crippen molar-refractivity contribution in [2.24, 2.45) is 5.92 Å². The first-order valence-electron chi connectivity index (χ1n) is 9.73. The molecule has 1 saturated heterocycles. The highest BCUT2D eigenvalue weighted by molar-refractivity contribution is 6.30. The van der Waals surface area contributed by atoms with Gasteiger partial charge in [-0.25, -0.2) is 0 Å². The van der Waals surface area contributed by atoms with Gasteiger partial charge in [0.05, 0.1) is 0 Å². The van der Waals surface area contributed by atoms with Gasteiger partial charge in [-0.1, -0.05) is 17.7 Å². The molecule has 2 aromatic rings. The molecular weight excluding hydrogens is 364 g/mol. The Kier molecular flexibility index (Phi) is 5.62. The van der Waals surface area contributed by atoms with Crippen molar-refractivity contribution in [3.63, 3.8) is 0 Å². The number of ether oxygens (including phenoxy) is 1. The molecule has 1 aliphatic carbocycles. The highest BCUT2D eigenvalue weighted by Gasteiger charge is 2.29. The maximum atomic E-state index is 12.6. The Morgan fingerprint density at radius 1 is 1.30 bits per heavy atom. The third-order valence-corrected chi connectivity index (χ3v) is 5.64. The Hall–Kier alpha value is -2.08. The number of carbonyl (C=O) groups is 1. The molecule has 27 heavy (non-hydrogen) atoms. The molecule has 0 N–H and O–H groups in total. The van der Waals surface area contributed by atoms with E-state index < -0.39 is 0 Å². The van der Waals surface area contributed by atoms with E-state index in [4.69, 9.17) is 16.3 Å². The first-order chi connectivity index (χ1) is 13.2. The molecule has 2 heterocycles. The zero-order valence-corrected chi connectivity index (χ0v) is 16.1. The van der Waals surface area contributed by atoms with Crippen molar-refractivity contribution in [3.8, 4) is 5.75 Å². The van der Waals surface area contributed by atoms with Crippen LogP contribution in [0.2, 0.25) is 5.02 Å². The Balaban J connectivity index is 1.29. The highest BCUT2D eigenvalue weighted by atomic mass is 35.5. The fourth-order valence-electron chi connectivity index (χ4n) is 3.75. The van der Waals surface area contributed by atoms with E-state index >= 15 is 0 Å². The second-order valence-electron chi connectivity index (χ2n) is 7.51. The van der Waals surface area contributed by atoms with Crippen LogP contribution in [0.3, 0.4) is 0 Å². The molecule has 1 aromatic carbocycles. The van der Waals surface area contributed by atoms with Gasteiger partial charge < -0.3 is 14.2 Å². The first-order valence-corrected chi connectivity index (χ1v) is 10.1. The molecule has 0 bridgehead atoms. The van der Waals surface area contributed by atoms with Gasteiger partial charge in [-0.15, -0.1) is 10.2 Å². The smallest absolute Gasteiger partial charge is 0.260 e. The molecule has 0 radical (unpaired) electrons. The quantitative estimate of drug-likeness (QED) is 0.695. The van der Waals surface area contributed by atoms with Crippen LogP contribution in [0.15, 0.2) is 30.6 Å². The number of rotatable bonds is 8. The van der Waals surface area contributed by atoms with Gasteiger partial charge >= 0.3 is 0 Å². The molecule has 1 unspecified atom stereocenters. The minimum Gasteiger partial charge on any atom is -0.484 e. The van der Waals surface area contributed by atoms with Crippen LogP contribution in [0.5, 0.6) is 5.75 Å². The lowest BCUT2D eigenvalue weighted by Gasteiger charge is -2.24. The number of likely N-dealkylation sites (tertiary alicyclic amines) is 1. The first kappa shape index (κ1) is 18.3. The SMILES string of the molecule is O=C(COc1cccc(Cl)c1)N1CCCC1CCc1nncn1CC1CC1. The lowest BCUT2D eigenvalue weighted by atomic mass is 10.1. The standard InChI is InChI=1S/C20H25ClN4O2/c21-16-3-1-5-18(11-16)27-13-20(26)25-10-2-4-17(25)8-9-19-23-22-14-24(19)12-15-6-7-15/h1,3,5,11,14-15,17H,2,4,6-10,12-13H2. The zero-order valence-electron chi connectivity index (χ0n) is 15.4. The third-order valence-electron chi connectivity index (χ3n) is 5.40. The molecular formula is C20H25ClN4O2. The summed E-state index contributed by atoms with van der Waals surface area (Å²) in [7, 11) is 0. The van der Waals surface area contributed by atoms with Crippen molar-refractivity contribution < 1.29 is 9.53 Å². The van der Waals surface area contributed by atoms with E-state index in [9.17, 15) is 4.79 Å². The largest absolute Gasteiger partial charge is 0.484 e. The van der Waals surface area contributed by atoms with Crippen LogP contribution in [0.1, 0.15) is 37.9 Å². The Bertz CT molecular complexity index is 790. The van der Waals surface area contributed by atoms with Gasteiger partial charge in [-0.3, -0.25) is 4.79 Å². The normalized spacial score (nSPS) is 19.4. The van der Waals surface area contributed by atoms with Crippen molar-refractivity contribution in [2.75, 3.05) is 13.2 Å². The van der Waals surface area contributed by atoms with Gasteiger partial charge in [0.1, 0.15) is 17.9 Å². The van der Waals surface area contributed by atoms with Gasteiger partial charge in [0.25, 0.3) is 5.91 Å². The van der Waals surface area contributed by atoms with Crippen LogP contribution < -0.4 is 4.74 Å². The molecule has 144 valence electrons. The fraction of sp³-hybridized carbons (Fsp3) is 0.550. The summed E-state index contributed by atoms with van der Waals surface area (Å²) < 4.78 is 7.81. The zero-order chi connectivity index (χ0) is 18.6. The van der Waals surface area contributed by atoms with Gasteiger partial charge in [0, 0.05) is 30.6 Å². The maximum absolute atomic E-state index is 12.6. The minimum absolute atomic E-state index is 0.0388. The number of benzene rings is 1. The van der Waals surface area contributed by atoms with Gasteiger partial charge in [-0.2, -0.15) is 0 Å². The lowest BCUT2D eigenvalue weighted by Crippen LogP contribution is -2.39. The number of carbonyl (C=O) groups excluding carboxylic acids is 1. The molecule has 1 atom stereocenters. The monoisotopic (exact) mass is 388 g/mol. The summed E-state index contributed by atoms with van der Waals surface area (Å²) in [5.74, 6) is 2.50. The highest BCUT2D eigenvalue weighted by Crippen LogP contribution is 2.31. The number of halogens is 1. The van der Waals surface area contributed by atoms with Crippen LogP contribution >= 0.6 is 11.6 Å². The van der Waals surface area contributed by atoms with Crippen molar-refractivity contribution in [1.29, 1.82) is 0 Å². The van der Waals surface area contributed by atoms with Crippen LogP contribution in [0, 0.1) is 5.92 Å². The molecule has 0 spiro atoms. The molecule has 2 fully saturated rings. The van der Waals surface area contributed by atoms with E-state index in [1.54, 1.807) is 12.1 Å². The van der Waals surface area contributed by atoms with E-state index in [1.165, 1.54) is 12.8 Å². The van der Waals surface area contributed by atoms with Crippen molar-refractivity contribution in [3.05, 3.63) is 41.4 Å². The van der Waals surface area contributed by atoms with E-state index in [0.717, 1.165) is 50.5 Å². The molecule has 6 nitrogen and oxygen atoms in total. The van der Waals surface area contributed by atoms with Crippen molar-refractivity contribution in [2.45, 2.75) is 51.1 Å². The molecule has 1 saturated carbocycles. The molecule has 7 heteroatoms. The van der Waals surface area contributed by atoms with Crippen LogP contribution in [-0.2, 0) is 17.8 Å². The van der Waals surface area contributed by atoms with E-state index in [0.29, 0.717) is 10.8 Å². The Morgan fingerprint density at radius 2 is 2.19 bits per heavy atom. The van der Waals surface area contributed by atoms with E-state index in [1.807, 2.05) is 23.4 Å². The molecule has 1 aliphatic heterocycles. The van der Waals surface area contributed by atoms with Crippen LogP contribution in [-0.4, -0.2) is 44.8 Å². The summed E-state index contributed by atoms with van der Waals surface area (Å²) in [6.45, 7) is 1.88. The average Bonchev–Trinajstić information content (AvgIpc) is 3.16. The number of aromatic nitrogens is 3. The van der Waals surface area contributed by atoms with Gasteiger partial charge in [0.2, 0.25) is 0 Å². The van der Waals surface area contributed by atoms with Crippen molar-refractivity contribution in [1.82, 2.24) is 19.7 Å². The van der Waals surface area contributed by atoms with E-state index in [2.05, 4.69) is 14.8 Å². The van der Waals surface area contributed by atoms with Crippen LogP contribution in [0.4, 0.5) is 0 Å². The van der Waals surface area contributed by atoms with Crippen molar-refractivity contribution >= 4 is 17.5 Å². The summed E-state index contributed by atoms with van der Waals surface area (Å²) in [5, 5.41) is 8.96. The predicted octanol–water partition coefficient (Wildman–Crippen LogP) is 3.34. The molecule has 2 aliphatic rings. The number of aryl methyl sites for hydroxylation is 1. The minimum atomic E-state index is 0.0388. The maximum Gasteiger partial charge on any atom is 0.260 e. The van der Waals surface area contributed by atoms with Crippen LogP contribution in [0.25, 0.3) is 0 Å². The van der Waals surface area contributed by atoms with Gasteiger partial charge in [0.15, 0.2) is 6.61 Å². The number of hydrogen-bond acceptors (Lipinski definition) is 4. The average molecular weight is 389 g/mol. The molecule has 1 amide bonds. The van der Waals surface area contributed by atoms with Gasteiger partial charge in [-0.05, 0) is 56.2 Å². The summed E-state index contributed by atoms with van der Waals surface area (Å²) in [6.07, 6.45) is 8.33. The Labute approximate surface area is 164 Å². The topological polar surface area (TPSA) is 60.2 Å². The Morgan fingerprint density at radius 3 is 3.00 bits per heavy atom. The summed E-state index contributed by atoms with van der Waals surface area (Å²) in [5.41, 5.74) is 0. The summed E-state index contributed by atoms with van der Waals surface area (Å²) in [6, 6.07) is 7.40. The third kappa shape index (κ3) is 4.80. The second kappa shape index (κ2) is 8.30. The summed E-state index contributed by atoms with van der Waals surface area (Å²) >= 11 is 5.96. The summed E-state index contributed by atoms with van der Waals surface area (Å²) in [4.78, 5) is 14.6. The molecule has 4 rings (SSSR count). The predicted molar refractivity (Wildman–Crippen MR) is 103 cm³/mol.